The Bertz CT molecular complexity index is 576. The Kier molecular flexibility index (Phi) is 7.21. The summed E-state index contributed by atoms with van der Waals surface area (Å²) in [4.78, 5) is 11.8. The maximum absolute atomic E-state index is 5.50. The molecule has 1 aromatic rings. The maximum Gasteiger partial charge on any atom is 0.194 e. The molecule has 1 N–H and O–H groups in total. The number of nitrogens with zero attached hydrogens (tertiary/aromatic N) is 3. The lowest BCUT2D eigenvalue weighted by Crippen LogP contribution is -2.48. The van der Waals surface area contributed by atoms with Crippen LogP contribution in [0.1, 0.15) is 37.1 Å². The van der Waals surface area contributed by atoms with E-state index in [1.165, 1.54) is 12.2 Å². The molecular formula is C18H30N4OS. The van der Waals surface area contributed by atoms with Gasteiger partial charge in [0.25, 0.3) is 0 Å². The molecule has 6 heteroatoms. The first-order chi connectivity index (χ1) is 11.6. The van der Waals surface area contributed by atoms with Gasteiger partial charge in [-0.25, -0.2) is 4.99 Å². The van der Waals surface area contributed by atoms with Gasteiger partial charge in [0, 0.05) is 48.0 Å². The molecule has 134 valence electrons. The van der Waals surface area contributed by atoms with Crippen molar-refractivity contribution in [3.63, 3.8) is 0 Å². The Morgan fingerprint density at radius 2 is 2.25 bits per heavy atom. The zero-order chi connectivity index (χ0) is 17.5. The summed E-state index contributed by atoms with van der Waals surface area (Å²) in [5, 5.41) is 4.13. The highest BCUT2D eigenvalue weighted by atomic mass is 32.2. The van der Waals surface area contributed by atoms with Gasteiger partial charge in [-0.1, -0.05) is 6.92 Å². The molecule has 0 bridgehead atoms. The zero-order valence-corrected chi connectivity index (χ0v) is 16.4. The lowest BCUT2D eigenvalue weighted by atomic mass is 10.1. The van der Waals surface area contributed by atoms with E-state index in [9.17, 15) is 0 Å². The number of hydrogen-bond acceptors (Lipinski definition) is 4. The molecule has 1 fully saturated rings. The van der Waals surface area contributed by atoms with Gasteiger partial charge < -0.3 is 15.0 Å². The van der Waals surface area contributed by atoms with Crippen LogP contribution in [-0.4, -0.2) is 53.6 Å². The van der Waals surface area contributed by atoms with Crippen molar-refractivity contribution in [3.05, 3.63) is 23.0 Å². The van der Waals surface area contributed by atoms with Gasteiger partial charge in [-0.15, -0.1) is 0 Å². The molecule has 1 saturated heterocycles. The molecule has 1 aliphatic rings. The van der Waals surface area contributed by atoms with Crippen molar-refractivity contribution < 1.29 is 4.74 Å². The number of hydrogen-bond donors (Lipinski definition) is 1. The molecule has 0 radical (unpaired) electrons. The molecule has 2 rings (SSSR count). The van der Waals surface area contributed by atoms with E-state index in [4.69, 9.17) is 9.73 Å². The number of pyridine rings is 1. The molecule has 0 amide bonds. The Hall–Kier alpha value is -1.43. The molecule has 2 heterocycles. The molecule has 5 nitrogen and oxygen atoms in total. The van der Waals surface area contributed by atoms with Crippen molar-refractivity contribution in [2.75, 3.05) is 32.5 Å². The van der Waals surface area contributed by atoms with Gasteiger partial charge in [-0.2, -0.15) is 11.8 Å². The molecule has 0 saturated carbocycles. The highest BCUT2D eigenvalue weighted by Crippen LogP contribution is 2.25. The van der Waals surface area contributed by atoms with E-state index in [1.807, 2.05) is 13.1 Å². The Morgan fingerprint density at radius 1 is 1.46 bits per heavy atom. The monoisotopic (exact) mass is 350 g/mol. The molecular weight excluding hydrogens is 320 g/mol. The molecule has 1 atom stereocenters. The minimum atomic E-state index is 0.575. The second kappa shape index (κ2) is 9.16. The third-order valence-corrected chi connectivity index (χ3v) is 5.73. The van der Waals surface area contributed by atoms with Gasteiger partial charge in [0.2, 0.25) is 0 Å². The Labute approximate surface area is 150 Å². The standard InChI is InChI=1S/C18H30N4OS/c1-6-15-12-22(8-9-24-15)18(19-7-2)21-11-16-14(4)17(23-5)13(3)10-20-16/h10,15H,6-9,11-12H2,1-5H3,(H,19,21). The highest BCUT2D eigenvalue weighted by molar-refractivity contribution is 8.00. The summed E-state index contributed by atoms with van der Waals surface area (Å²) in [5.74, 6) is 3.08. The van der Waals surface area contributed by atoms with Gasteiger partial charge in [-0.3, -0.25) is 4.98 Å². The van der Waals surface area contributed by atoms with Crippen LogP contribution >= 0.6 is 11.8 Å². The van der Waals surface area contributed by atoms with E-state index >= 15 is 0 Å². The summed E-state index contributed by atoms with van der Waals surface area (Å²) in [5.41, 5.74) is 3.12. The summed E-state index contributed by atoms with van der Waals surface area (Å²) in [7, 11) is 1.71. The largest absolute Gasteiger partial charge is 0.496 e. The van der Waals surface area contributed by atoms with E-state index in [2.05, 4.69) is 47.7 Å². The van der Waals surface area contributed by atoms with Crippen LogP contribution in [0, 0.1) is 13.8 Å². The minimum absolute atomic E-state index is 0.575. The zero-order valence-electron chi connectivity index (χ0n) is 15.6. The van der Waals surface area contributed by atoms with Crippen LogP contribution in [0.3, 0.4) is 0 Å². The Morgan fingerprint density at radius 3 is 2.92 bits per heavy atom. The number of rotatable bonds is 5. The fourth-order valence-electron chi connectivity index (χ4n) is 2.96. The first kappa shape index (κ1) is 18.9. The van der Waals surface area contributed by atoms with Gasteiger partial charge in [0.1, 0.15) is 5.75 Å². The third kappa shape index (κ3) is 4.56. The number of ether oxygens (including phenoxy) is 1. The van der Waals surface area contributed by atoms with Crippen molar-refractivity contribution in [2.24, 2.45) is 4.99 Å². The lowest BCUT2D eigenvalue weighted by Gasteiger charge is -2.34. The van der Waals surface area contributed by atoms with Crippen molar-refractivity contribution >= 4 is 17.7 Å². The number of aromatic nitrogens is 1. The van der Waals surface area contributed by atoms with Crippen LogP contribution in [0.4, 0.5) is 0 Å². The van der Waals surface area contributed by atoms with Gasteiger partial charge in [0.15, 0.2) is 5.96 Å². The maximum atomic E-state index is 5.50. The smallest absolute Gasteiger partial charge is 0.194 e. The molecule has 1 aliphatic heterocycles. The minimum Gasteiger partial charge on any atom is -0.496 e. The predicted octanol–water partition coefficient (Wildman–Crippen LogP) is 3.00. The second-order valence-electron chi connectivity index (χ2n) is 6.06. The summed E-state index contributed by atoms with van der Waals surface area (Å²) < 4.78 is 5.50. The topological polar surface area (TPSA) is 49.8 Å². The average molecular weight is 351 g/mol. The molecule has 0 aromatic carbocycles. The molecule has 0 spiro atoms. The van der Waals surface area contributed by atoms with E-state index < -0.39 is 0 Å². The van der Waals surface area contributed by atoms with E-state index in [-0.39, 0.29) is 0 Å². The lowest BCUT2D eigenvalue weighted by molar-refractivity contribution is 0.405. The highest BCUT2D eigenvalue weighted by Gasteiger charge is 2.21. The van der Waals surface area contributed by atoms with Crippen LogP contribution in [0.25, 0.3) is 0 Å². The third-order valence-electron chi connectivity index (χ3n) is 4.36. The van der Waals surface area contributed by atoms with Crippen LogP contribution in [0.5, 0.6) is 5.75 Å². The van der Waals surface area contributed by atoms with Crippen LogP contribution in [0.2, 0.25) is 0 Å². The van der Waals surface area contributed by atoms with Crippen molar-refractivity contribution in [2.45, 2.75) is 45.9 Å². The molecule has 0 aliphatic carbocycles. The van der Waals surface area contributed by atoms with Gasteiger partial charge in [0.05, 0.1) is 19.3 Å². The van der Waals surface area contributed by atoms with Crippen LogP contribution < -0.4 is 10.1 Å². The molecule has 24 heavy (non-hydrogen) atoms. The number of nitrogens with one attached hydrogen (secondary N) is 1. The number of thioether (sulfide) groups is 1. The van der Waals surface area contributed by atoms with Crippen molar-refractivity contribution in [1.82, 2.24) is 15.2 Å². The molecule has 1 aromatic heterocycles. The van der Waals surface area contributed by atoms with E-state index in [0.29, 0.717) is 11.8 Å². The summed E-state index contributed by atoms with van der Waals surface area (Å²) in [6.07, 6.45) is 3.07. The quantitative estimate of drug-likeness (QED) is 0.653. The number of aryl methyl sites for hydroxylation is 1. The van der Waals surface area contributed by atoms with Crippen LogP contribution in [-0.2, 0) is 6.54 Å². The first-order valence-corrected chi connectivity index (χ1v) is 9.79. The van der Waals surface area contributed by atoms with Crippen molar-refractivity contribution in [1.29, 1.82) is 0 Å². The fraction of sp³-hybridized carbons (Fsp3) is 0.667. The SMILES string of the molecule is CCNC(=NCc1ncc(C)c(OC)c1C)N1CCSC(CC)C1. The van der Waals surface area contributed by atoms with Crippen molar-refractivity contribution in [3.8, 4) is 5.75 Å². The number of methoxy groups -OCH3 is 1. The van der Waals surface area contributed by atoms with Gasteiger partial charge >= 0.3 is 0 Å². The fourth-order valence-corrected chi connectivity index (χ4v) is 4.14. The van der Waals surface area contributed by atoms with E-state index in [1.54, 1.807) is 7.11 Å². The Balaban J connectivity index is 2.16. The summed E-state index contributed by atoms with van der Waals surface area (Å²) >= 11 is 2.07. The number of aliphatic imine (C=N–C) groups is 1. The number of guanidine groups is 1. The summed E-state index contributed by atoms with van der Waals surface area (Å²) in [6.45, 7) is 12.0. The average Bonchev–Trinajstić information content (AvgIpc) is 2.60. The predicted molar refractivity (Wildman–Crippen MR) is 103 cm³/mol. The first-order valence-electron chi connectivity index (χ1n) is 8.74. The van der Waals surface area contributed by atoms with Crippen LogP contribution in [0.15, 0.2) is 11.2 Å². The van der Waals surface area contributed by atoms with E-state index in [0.717, 1.165) is 48.2 Å². The van der Waals surface area contributed by atoms with Gasteiger partial charge in [-0.05, 0) is 27.2 Å². The second-order valence-corrected chi connectivity index (χ2v) is 7.47. The summed E-state index contributed by atoms with van der Waals surface area (Å²) in [6, 6.07) is 0. The molecule has 1 unspecified atom stereocenters. The normalized spacial score (nSPS) is 18.6.